The Balaban J connectivity index is 2.03. The SMILES string of the molecule is CC1SCCSC1C(=O)Cc1ccncc1Cl. The van der Waals surface area contributed by atoms with Gasteiger partial charge in [-0.1, -0.05) is 18.5 Å². The van der Waals surface area contributed by atoms with Gasteiger partial charge in [-0.15, -0.1) is 11.8 Å². The fourth-order valence-electron chi connectivity index (χ4n) is 1.82. The molecule has 1 aliphatic heterocycles. The molecule has 5 heteroatoms. The van der Waals surface area contributed by atoms with E-state index in [1.807, 2.05) is 17.8 Å². The molecule has 0 aromatic carbocycles. The van der Waals surface area contributed by atoms with Crippen LogP contribution in [0.15, 0.2) is 18.5 Å². The van der Waals surface area contributed by atoms with E-state index in [2.05, 4.69) is 11.9 Å². The van der Waals surface area contributed by atoms with Crippen LogP contribution in [0.4, 0.5) is 0 Å². The summed E-state index contributed by atoms with van der Waals surface area (Å²) in [5.74, 6) is 2.49. The molecule has 0 N–H and O–H groups in total. The number of hydrogen-bond acceptors (Lipinski definition) is 4. The highest BCUT2D eigenvalue weighted by molar-refractivity contribution is 8.07. The number of thioether (sulfide) groups is 2. The minimum absolute atomic E-state index is 0.109. The average Bonchev–Trinajstić information content (AvgIpc) is 2.32. The number of Topliss-reactive ketones (excluding diaryl/α,β-unsaturated/α-hetero) is 1. The molecule has 1 aliphatic rings. The van der Waals surface area contributed by atoms with Gasteiger partial charge in [0.2, 0.25) is 0 Å². The number of rotatable bonds is 3. The molecule has 1 aromatic rings. The van der Waals surface area contributed by atoms with Crippen molar-refractivity contribution in [2.75, 3.05) is 11.5 Å². The molecule has 2 rings (SSSR count). The molecule has 0 bridgehead atoms. The van der Waals surface area contributed by atoms with Gasteiger partial charge in [0.15, 0.2) is 5.78 Å². The molecule has 92 valence electrons. The molecule has 2 unspecified atom stereocenters. The van der Waals surface area contributed by atoms with Gasteiger partial charge in [0.05, 0.1) is 10.3 Å². The first kappa shape index (κ1) is 13.2. The fraction of sp³-hybridized carbons (Fsp3) is 0.500. The van der Waals surface area contributed by atoms with E-state index in [0.29, 0.717) is 16.7 Å². The molecule has 0 spiro atoms. The van der Waals surface area contributed by atoms with Gasteiger partial charge < -0.3 is 0 Å². The number of halogens is 1. The third-order valence-electron chi connectivity index (χ3n) is 2.73. The molecular weight excluding hydrogens is 274 g/mol. The highest BCUT2D eigenvalue weighted by Gasteiger charge is 2.28. The van der Waals surface area contributed by atoms with Gasteiger partial charge in [-0.3, -0.25) is 9.78 Å². The van der Waals surface area contributed by atoms with Crippen LogP contribution in [0.5, 0.6) is 0 Å². The maximum absolute atomic E-state index is 12.2. The number of aromatic nitrogens is 1. The standard InChI is InChI=1S/C12H14ClNOS2/c1-8-12(17-5-4-16-8)11(15)6-9-2-3-14-7-10(9)13/h2-3,7-8,12H,4-6H2,1H3. The molecular formula is C12H14ClNOS2. The van der Waals surface area contributed by atoms with Gasteiger partial charge >= 0.3 is 0 Å². The second kappa shape index (κ2) is 6.12. The van der Waals surface area contributed by atoms with Crippen molar-refractivity contribution in [2.24, 2.45) is 0 Å². The van der Waals surface area contributed by atoms with Crippen LogP contribution in [0.25, 0.3) is 0 Å². The van der Waals surface area contributed by atoms with Gasteiger partial charge in [-0.25, -0.2) is 0 Å². The van der Waals surface area contributed by atoms with Crippen molar-refractivity contribution in [3.8, 4) is 0 Å². The number of ketones is 1. The second-order valence-corrected chi connectivity index (χ2v) is 7.12. The predicted octanol–water partition coefficient (Wildman–Crippen LogP) is 3.08. The summed E-state index contributed by atoms with van der Waals surface area (Å²) in [7, 11) is 0. The maximum Gasteiger partial charge on any atom is 0.151 e. The lowest BCUT2D eigenvalue weighted by Gasteiger charge is -2.26. The Morgan fingerprint density at radius 1 is 1.53 bits per heavy atom. The van der Waals surface area contributed by atoms with E-state index in [1.165, 1.54) is 0 Å². The van der Waals surface area contributed by atoms with Crippen molar-refractivity contribution in [3.63, 3.8) is 0 Å². The molecule has 1 fully saturated rings. The Labute approximate surface area is 115 Å². The molecule has 2 nitrogen and oxygen atoms in total. The molecule has 0 saturated carbocycles. The lowest BCUT2D eigenvalue weighted by atomic mass is 10.1. The zero-order valence-electron chi connectivity index (χ0n) is 9.56. The number of nitrogens with zero attached hydrogens (tertiary/aromatic N) is 1. The van der Waals surface area contributed by atoms with E-state index in [1.54, 1.807) is 24.2 Å². The van der Waals surface area contributed by atoms with Crippen LogP contribution < -0.4 is 0 Å². The molecule has 17 heavy (non-hydrogen) atoms. The minimum atomic E-state index is 0.109. The molecule has 2 atom stereocenters. The van der Waals surface area contributed by atoms with Crippen molar-refractivity contribution < 1.29 is 4.79 Å². The minimum Gasteiger partial charge on any atom is -0.298 e. The number of carbonyl (C=O) groups excluding carboxylic acids is 1. The van der Waals surface area contributed by atoms with E-state index in [4.69, 9.17) is 11.6 Å². The van der Waals surface area contributed by atoms with Gasteiger partial charge in [0.25, 0.3) is 0 Å². The first-order valence-electron chi connectivity index (χ1n) is 5.53. The van der Waals surface area contributed by atoms with E-state index in [9.17, 15) is 4.79 Å². The Kier molecular flexibility index (Phi) is 4.77. The van der Waals surface area contributed by atoms with Gasteiger partial charge in [-0.05, 0) is 11.6 Å². The zero-order valence-corrected chi connectivity index (χ0v) is 11.9. The van der Waals surface area contributed by atoms with Crippen LogP contribution in [-0.4, -0.2) is 32.8 Å². The molecule has 0 aliphatic carbocycles. The summed E-state index contributed by atoms with van der Waals surface area (Å²) in [4.78, 5) is 16.1. The Morgan fingerprint density at radius 3 is 3.00 bits per heavy atom. The molecule has 1 saturated heterocycles. The molecule has 2 heterocycles. The monoisotopic (exact) mass is 287 g/mol. The van der Waals surface area contributed by atoms with Crippen molar-refractivity contribution in [2.45, 2.75) is 23.8 Å². The van der Waals surface area contributed by atoms with Crippen molar-refractivity contribution >= 4 is 40.9 Å². The Hall–Kier alpha value is -0.190. The maximum atomic E-state index is 12.2. The molecule has 1 aromatic heterocycles. The summed E-state index contributed by atoms with van der Waals surface area (Å²) >= 11 is 9.67. The molecule has 0 amide bonds. The smallest absolute Gasteiger partial charge is 0.151 e. The first-order chi connectivity index (χ1) is 8.18. The largest absolute Gasteiger partial charge is 0.298 e. The lowest BCUT2D eigenvalue weighted by Crippen LogP contribution is -2.32. The van der Waals surface area contributed by atoms with Crippen LogP contribution >= 0.6 is 35.1 Å². The lowest BCUT2D eigenvalue weighted by molar-refractivity contribution is -0.117. The van der Waals surface area contributed by atoms with E-state index >= 15 is 0 Å². The van der Waals surface area contributed by atoms with Crippen LogP contribution in [0.1, 0.15) is 12.5 Å². The fourth-order valence-corrected chi connectivity index (χ4v) is 4.74. The summed E-state index contributed by atoms with van der Waals surface area (Å²) in [5.41, 5.74) is 0.884. The van der Waals surface area contributed by atoms with E-state index in [0.717, 1.165) is 17.1 Å². The van der Waals surface area contributed by atoms with Crippen molar-refractivity contribution in [3.05, 3.63) is 29.0 Å². The summed E-state index contributed by atoms with van der Waals surface area (Å²) in [5, 5.41) is 1.10. The number of pyridine rings is 1. The normalized spacial score (nSPS) is 24.6. The topological polar surface area (TPSA) is 30.0 Å². The Bertz CT molecular complexity index is 413. The van der Waals surface area contributed by atoms with Gasteiger partial charge in [0, 0.05) is 35.6 Å². The van der Waals surface area contributed by atoms with Crippen molar-refractivity contribution in [1.82, 2.24) is 4.98 Å². The number of hydrogen-bond donors (Lipinski definition) is 0. The molecule has 0 radical (unpaired) electrons. The first-order valence-corrected chi connectivity index (χ1v) is 8.00. The van der Waals surface area contributed by atoms with Crippen molar-refractivity contribution in [1.29, 1.82) is 0 Å². The third-order valence-corrected chi connectivity index (χ3v) is 6.21. The van der Waals surface area contributed by atoms with Crippen LogP contribution in [-0.2, 0) is 11.2 Å². The summed E-state index contributed by atoms with van der Waals surface area (Å²) in [6.07, 6.45) is 3.70. The quantitative estimate of drug-likeness (QED) is 0.855. The average molecular weight is 288 g/mol. The summed E-state index contributed by atoms with van der Waals surface area (Å²) in [6.45, 7) is 2.13. The van der Waals surface area contributed by atoms with Crippen LogP contribution in [0, 0.1) is 0 Å². The van der Waals surface area contributed by atoms with E-state index in [-0.39, 0.29) is 11.0 Å². The van der Waals surface area contributed by atoms with E-state index < -0.39 is 0 Å². The summed E-state index contributed by atoms with van der Waals surface area (Å²) < 4.78 is 0. The highest BCUT2D eigenvalue weighted by Crippen LogP contribution is 2.32. The van der Waals surface area contributed by atoms with Crippen LogP contribution in [0.3, 0.4) is 0 Å². The highest BCUT2D eigenvalue weighted by atomic mass is 35.5. The third kappa shape index (κ3) is 3.39. The van der Waals surface area contributed by atoms with Gasteiger partial charge in [-0.2, -0.15) is 11.8 Å². The van der Waals surface area contributed by atoms with Gasteiger partial charge in [0.1, 0.15) is 0 Å². The zero-order chi connectivity index (χ0) is 12.3. The van der Waals surface area contributed by atoms with Crippen LogP contribution in [0.2, 0.25) is 5.02 Å². The predicted molar refractivity (Wildman–Crippen MR) is 76.1 cm³/mol. The Morgan fingerprint density at radius 2 is 2.29 bits per heavy atom. The summed E-state index contributed by atoms with van der Waals surface area (Å²) in [6, 6.07) is 1.82. The number of carbonyl (C=O) groups is 1. The second-order valence-electron chi connectivity index (χ2n) is 3.98.